The molecule has 0 aliphatic heterocycles. The monoisotopic (exact) mass is 334 g/mol. The van der Waals surface area contributed by atoms with Crippen molar-refractivity contribution in [3.63, 3.8) is 0 Å². The van der Waals surface area contributed by atoms with E-state index in [0.717, 1.165) is 10.0 Å². The Kier molecular flexibility index (Phi) is 4.45. The van der Waals surface area contributed by atoms with Gasteiger partial charge < -0.3 is 9.47 Å². The number of ketones is 1. The Balaban J connectivity index is 2.50. The van der Waals surface area contributed by atoms with E-state index in [1.165, 1.54) is 0 Å². The third kappa shape index (κ3) is 3.02. The van der Waals surface area contributed by atoms with E-state index in [4.69, 9.17) is 9.47 Å². The van der Waals surface area contributed by atoms with Crippen molar-refractivity contribution in [3.8, 4) is 11.5 Å². The van der Waals surface area contributed by atoms with Crippen LogP contribution in [0.1, 0.15) is 21.5 Å². The van der Waals surface area contributed by atoms with Crippen molar-refractivity contribution >= 4 is 21.7 Å². The van der Waals surface area contributed by atoms with Crippen LogP contribution in [0.25, 0.3) is 0 Å². The van der Waals surface area contributed by atoms with E-state index in [1.54, 1.807) is 32.4 Å². The number of benzene rings is 2. The minimum Gasteiger partial charge on any atom is -0.497 e. The Hall–Kier alpha value is -1.81. The first kappa shape index (κ1) is 14.6. The fourth-order valence-electron chi connectivity index (χ4n) is 1.91. The molecule has 0 atom stereocenters. The van der Waals surface area contributed by atoms with Gasteiger partial charge in [-0.05, 0) is 31.2 Å². The van der Waals surface area contributed by atoms with Gasteiger partial charge in [-0.25, -0.2) is 0 Å². The molecule has 0 saturated heterocycles. The van der Waals surface area contributed by atoms with Crippen molar-refractivity contribution in [2.24, 2.45) is 0 Å². The second-order valence-corrected chi connectivity index (χ2v) is 5.27. The van der Waals surface area contributed by atoms with Gasteiger partial charge in [0.25, 0.3) is 0 Å². The highest BCUT2D eigenvalue weighted by Crippen LogP contribution is 2.27. The molecule has 3 nitrogen and oxygen atoms in total. The molecule has 0 fully saturated rings. The van der Waals surface area contributed by atoms with Gasteiger partial charge >= 0.3 is 0 Å². The predicted molar refractivity (Wildman–Crippen MR) is 81.9 cm³/mol. The summed E-state index contributed by atoms with van der Waals surface area (Å²) in [4.78, 5) is 12.6. The normalized spacial score (nSPS) is 10.2. The predicted octanol–water partition coefficient (Wildman–Crippen LogP) is 4.01. The molecule has 4 heteroatoms. The molecule has 0 radical (unpaired) electrons. The van der Waals surface area contributed by atoms with Crippen LogP contribution in [0.5, 0.6) is 11.5 Å². The summed E-state index contributed by atoms with van der Waals surface area (Å²) in [5, 5.41) is 0. The first-order valence-electron chi connectivity index (χ1n) is 6.09. The van der Waals surface area contributed by atoms with Gasteiger partial charge in [0.15, 0.2) is 5.78 Å². The average molecular weight is 335 g/mol. The minimum absolute atomic E-state index is 0.0715. The van der Waals surface area contributed by atoms with E-state index in [0.29, 0.717) is 22.6 Å². The molecule has 104 valence electrons. The van der Waals surface area contributed by atoms with Gasteiger partial charge in [0.2, 0.25) is 0 Å². The van der Waals surface area contributed by atoms with Crippen LogP contribution in [0.15, 0.2) is 40.9 Å². The zero-order valence-electron chi connectivity index (χ0n) is 11.6. The molecule has 20 heavy (non-hydrogen) atoms. The molecule has 0 amide bonds. The number of methoxy groups -OCH3 is 2. The van der Waals surface area contributed by atoms with Crippen LogP contribution < -0.4 is 9.47 Å². The van der Waals surface area contributed by atoms with Gasteiger partial charge in [-0.1, -0.05) is 27.6 Å². The quantitative estimate of drug-likeness (QED) is 0.792. The number of hydrogen-bond donors (Lipinski definition) is 0. The molecular weight excluding hydrogens is 320 g/mol. The van der Waals surface area contributed by atoms with Gasteiger partial charge in [0.1, 0.15) is 11.5 Å². The Bertz CT molecular complexity index is 628. The zero-order chi connectivity index (χ0) is 14.7. The molecule has 0 aliphatic rings. The van der Waals surface area contributed by atoms with Gasteiger partial charge in [0.05, 0.1) is 14.2 Å². The summed E-state index contributed by atoms with van der Waals surface area (Å²) >= 11 is 3.42. The summed E-state index contributed by atoms with van der Waals surface area (Å²) in [7, 11) is 3.12. The maximum absolute atomic E-state index is 12.6. The smallest absolute Gasteiger partial charge is 0.194 e. The van der Waals surface area contributed by atoms with Crippen molar-refractivity contribution in [3.05, 3.63) is 57.6 Å². The summed E-state index contributed by atoms with van der Waals surface area (Å²) in [5.74, 6) is 1.12. The van der Waals surface area contributed by atoms with Crippen molar-refractivity contribution in [1.82, 2.24) is 0 Å². The molecule has 0 heterocycles. The summed E-state index contributed by atoms with van der Waals surface area (Å²) in [5.41, 5.74) is 2.19. The lowest BCUT2D eigenvalue weighted by Crippen LogP contribution is -2.04. The van der Waals surface area contributed by atoms with E-state index in [1.807, 2.05) is 25.1 Å². The van der Waals surface area contributed by atoms with Gasteiger partial charge in [-0.3, -0.25) is 4.79 Å². The van der Waals surface area contributed by atoms with Crippen LogP contribution in [-0.4, -0.2) is 20.0 Å². The van der Waals surface area contributed by atoms with Gasteiger partial charge in [-0.15, -0.1) is 0 Å². The molecule has 0 aromatic heterocycles. The molecule has 0 N–H and O–H groups in total. The standard InChI is InChI=1S/C16H15BrO3/c1-10-4-5-15(17)14(6-10)16(18)11-7-12(19-2)9-13(8-11)20-3/h4-9H,1-3H3. The van der Waals surface area contributed by atoms with Crippen molar-refractivity contribution in [1.29, 1.82) is 0 Å². The highest BCUT2D eigenvalue weighted by molar-refractivity contribution is 9.10. The van der Waals surface area contributed by atoms with Gasteiger partial charge in [-0.2, -0.15) is 0 Å². The maximum Gasteiger partial charge on any atom is 0.194 e. The number of carbonyl (C=O) groups is 1. The number of halogens is 1. The molecule has 0 unspecified atom stereocenters. The SMILES string of the molecule is COc1cc(OC)cc(C(=O)c2cc(C)ccc2Br)c1. The lowest BCUT2D eigenvalue weighted by Gasteiger charge is -2.09. The minimum atomic E-state index is -0.0715. The molecule has 0 aliphatic carbocycles. The van der Waals surface area contributed by atoms with Crippen LogP contribution in [0, 0.1) is 6.92 Å². The largest absolute Gasteiger partial charge is 0.497 e. The Morgan fingerprint density at radius 2 is 1.60 bits per heavy atom. The van der Waals surface area contributed by atoms with E-state index in [2.05, 4.69) is 15.9 Å². The fraction of sp³-hybridized carbons (Fsp3) is 0.188. The van der Waals surface area contributed by atoms with Crippen LogP contribution in [-0.2, 0) is 0 Å². The number of rotatable bonds is 4. The molecule has 0 saturated carbocycles. The van der Waals surface area contributed by atoms with E-state index < -0.39 is 0 Å². The third-order valence-electron chi connectivity index (χ3n) is 2.98. The van der Waals surface area contributed by atoms with Crippen LogP contribution in [0.4, 0.5) is 0 Å². The molecule has 0 spiro atoms. The number of carbonyl (C=O) groups excluding carboxylic acids is 1. The van der Waals surface area contributed by atoms with Crippen LogP contribution >= 0.6 is 15.9 Å². The van der Waals surface area contributed by atoms with E-state index >= 15 is 0 Å². The van der Waals surface area contributed by atoms with Gasteiger partial charge in [0, 0.05) is 21.7 Å². The van der Waals surface area contributed by atoms with Crippen LogP contribution in [0.3, 0.4) is 0 Å². The van der Waals surface area contributed by atoms with Crippen molar-refractivity contribution < 1.29 is 14.3 Å². The Morgan fingerprint density at radius 3 is 2.15 bits per heavy atom. The molecular formula is C16H15BrO3. The first-order valence-corrected chi connectivity index (χ1v) is 6.88. The van der Waals surface area contributed by atoms with Crippen molar-refractivity contribution in [2.45, 2.75) is 6.92 Å². The summed E-state index contributed by atoms with van der Waals surface area (Å²) in [6.45, 7) is 1.95. The lowest BCUT2D eigenvalue weighted by atomic mass is 10.0. The lowest BCUT2D eigenvalue weighted by molar-refractivity contribution is 0.103. The topological polar surface area (TPSA) is 35.5 Å². The maximum atomic E-state index is 12.6. The van der Waals surface area contributed by atoms with E-state index in [9.17, 15) is 4.79 Å². The summed E-state index contributed by atoms with van der Waals surface area (Å²) in [6, 6.07) is 10.8. The second-order valence-electron chi connectivity index (χ2n) is 4.41. The number of aryl methyl sites for hydroxylation is 1. The third-order valence-corrected chi connectivity index (χ3v) is 3.67. The highest BCUT2D eigenvalue weighted by Gasteiger charge is 2.15. The first-order chi connectivity index (χ1) is 9.55. The zero-order valence-corrected chi connectivity index (χ0v) is 13.2. The van der Waals surface area contributed by atoms with E-state index in [-0.39, 0.29) is 5.78 Å². The highest BCUT2D eigenvalue weighted by atomic mass is 79.9. The molecule has 0 bridgehead atoms. The Labute approximate surface area is 126 Å². The van der Waals surface area contributed by atoms with Crippen molar-refractivity contribution in [2.75, 3.05) is 14.2 Å². The molecule has 2 rings (SSSR count). The average Bonchev–Trinajstić information content (AvgIpc) is 2.48. The molecule has 2 aromatic carbocycles. The fourth-order valence-corrected chi connectivity index (χ4v) is 2.33. The number of hydrogen-bond acceptors (Lipinski definition) is 3. The van der Waals surface area contributed by atoms with Crippen LogP contribution in [0.2, 0.25) is 0 Å². The summed E-state index contributed by atoms with van der Waals surface area (Å²) < 4.78 is 11.2. The second kappa shape index (κ2) is 6.09. The molecule has 2 aromatic rings. The number of ether oxygens (including phenoxy) is 2. The Morgan fingerprint density at radius 1 is 1.00 bits per heavy atom. The summed E-state index contributed by atoms with van der Waals surface area (Å²) in [6.07, 6.45) is 0.